The van der Waals surface area contributed by atoms with Crippen molar-refractivity contribution in [2.45, 2.75) is 38.1 Å². The fraction of sp³-hybridized carbons (Fsp3) is 0.700. The Morgan fingerprint density at radius 3 is 3.06 bits per heavy atom. The SMILES string of the molecule is CCNC(=O)c1noc(C2CCC(N)C2)n1. The van der Waals surface area contributed by atoms with Gasteiger partial charge < -0.3 is 15.6 Å². The lowest BCUT2D eigenvalue weighted by atomic mass is 10.1. The number of nitrogens with one attached hydrogen (secondary N) is 1. The number of hydrogen-bond acceptors (Lipinski definition) is 5. The van der Waals surface area contributed by atoms with Gasteiger partial charge in [0, 0.05) is 18.5 Å². The van der Waals surface area contributed by atoms with Crippen molar-refractivity contribution >= 4 is 5.91 Å². The number of nitrogens with two attached hydrogens (primary N) is 1. The van der Waals surface area contributed by atoms with E-state index in [1.165, 1.54) is 0 Å². The fourth-order valence-corrected chi connectivity index (χ4v) is 1.97. The van der Waals surface area contributed by atoms with Crippen molar-refractivity contribution < 1.29 is 9.32 Å². The monoisotopic (exact) mass is 224 g/mol. The highest BCUT2D eigenvalue weighted by atomic mass is 16.5. The molecule has 1 heterocycles. The zero-order valence-corrected chi connectivity index (χ0v) is 9.27. The maximum atomic E-state index is 11.4. The fourth-order valence-electron chi connectivity index (χ4n) is 1.97. The van der Waals surface area contributed by atoms with Crippen LogP contribution in [0.15, 0.2) is 4.52 Å². The van der Waals surface area contributed by atoms with Crippen LogP contribution in [0.1, 0.15) is 48.6 Å². The van der Waals surface area contributed by atoms with Gasteiger partial charge in [-0.05, 0) is 26.2 Å². The molecule has 0 bridgehead atoms. The first-order valence-corrected chi connectivity index (χ1v) is 5.58. The van der Waals surface area contributed by atoms with E-state index < -0.39 is 0 Å². The van der Waals surface area contributed by atoms with Crippen molar-refractivity contribution in [3.8, 4) is 0 Å². The largest absolute Gasteiger partial charge is 0.349 e. The molecule has 0 aromatic carbocycles. The minimum absolute atomic E-state index is 0.109. The summed E-state index contributed by atoms with van der Waals surface area (Å²) in [5, 5.41) is 6.29. The molecule has 6 nitrogen and oxygen atoms in total. The third kappa shape index (κ3) is 2.21. The normalized spacial score (nSPS) is 24.6. The molecule has 1 aromatic heterocycles. The molecule has 2 unspecified atom stereocenters. The molecule has 0 saturated heterocycles. The van der Waals surface area contributed by atoms with Crippen LogP contribution in [0.5, 0.6) is 0 Å². The Morgan fingerprint density at radius 2 is 2.44 bits per heavy atom. The molecule has 1 aliphatic rings. The molecular formula is C10H16N4O2. The van der Waals surface area contributed by atoms with Gasteiger partial charge in [-0.1, -0.05) is 5.16 Å². The zero-order chi connectivity index (χ0) is 11.5. The summed E-state index contributed by atoms with van der Waals surface area (Å²) in [5.74, 6) is 0.567. The first kappa shape index (κ1) is 11.1. The molecule has 0 spiro atoms. The highest BCUT2D eigenvalue weighted by Crippen LogP contribution is 2.32. The molecule has 1 amide bonds. The number of amides is 1. The summed E-state index contributed by atoms with van der Waals surface area (Å²) in [4.78, 5) is 15.5. The molecule has 1 aromatic rings. The van der Waals surface area contributed by atoms with E-state index in [-0.39, 0.29) is 23.7 Å². The van der Waals surface area contributed by atoms with Crippen LogP contribution < -0.4 is 11.1 Å². The molecule has 6 heteroatoms. The average molecular weight is 224 g/mol. The van der Waals surface area contributed by atoms with Crippen LogP contribution in [-0.2, 0) is 0 Å². The minimum atomic E-state index is -0.292. The lowest BCUT2D eigenvalue weighted by Crippen LogP contribution is -2.23. The summed E-state index contributed by atoms with van der Waals surface area (Å²) in [5.41, 5.74) is 5.81. The second-order valence-corrected chi connectivity index (χ2v) is 4.09. The van der Waals surface area contributed by atoms with Crippen molar-refractivity contribution in [2.75, 3.05) is 6.54 Å². The Labute approximate surface area is 93.6 Å². The first-order chi connectivity index (χ1) is 7.70. The maximum Gasteiger partial charge on any atom is 0.292 e. The van der Waals surface area contributed by atoms with Crippen LogP contribution in [0, 0.1) is 0 Å². The zero-order valence-electron chi connectivity index (χ0n) is 9.27. The molecule has 88 valence electrons. The topological polar surface area (TPSA) is 94.0 Å². The van der Waals surface area contributed by atoms with Gasteiger partial charge in [0.1, 0.15) is 0 Å². The molecule has 1 fully saturated rings. The summed E-state index contributed by atoms with van der Waals surface area (Å²) >= 11 is 0. The molecule has 1 saturated carbocycles. The van der Waals surface area contributed by atoms with E-state index in [0.29, 0.717) is 12.4 Å². The first-order valence-electron chi connectivity index (χ1n) is 5.58. The van der Waals surface area contributed by atoms with E-state index in [0.717, 1.165) is 19.3 Å². The summed E-state index contributed by atoms with van der Waals surface area (Å²) in [6.45, 7) is 2.39. The summed E-state index contributed by atoms with van der Waals surface area (Å²) in [7, 11) is 0. The van der Waals surface area contributed by atoms with Gasteiger partial charge in [-0.3, -0.25) is 4.79 Å². The highest BCUT2D eigenvalue weighted by Gasteiger charge is 2.28. The van der Waals surface area contributed by atoms with Crippen LogP contribution in [0.25, 0.3) is 0 Å². The van der Waals surface area contributed by atoms with Gasteiger partial charge in [0.25, 0.3) is 11.7 Å². The highest BCUT2D eigenvalue weighted by molar-refractivity contribution is 5.90. The number of carbonyl (C=O) groups is 1. The second kappa shape index (κ2) is 4.61. The van der Waals surface area contributed by atoms with Gasteiger partial charge >= 0.3 is 0 Å². The van der Waals surface area contributed by atoms with Crippen LogP contribution in [0.2, 0.25) is 0 Å². The summed E-state index contributed by atoms with van der Waals surface area (Å²) in [6.07, 6.45) is 2.79. The van der Waals surface area contributed by atoms with Crippen LogP contribution in [0.3, 0.4) is 0 Å². The number of nitrogens with zero attached hydrogens (tertiary/aromatic N) is 2. The Bertz CT molecular complexity index is 377. The van der Waals surface area contributed by atoms with Crippen LogP contribution >= 0.6 is 0 Å². The van der Waals surface area contributed by atoms with Gasteiger partial charge in [-0.15, -0.1) is 0 Å². The van der Waals surface area contributed by atoms with Crippen molar-refractivity contribution in [1.29, 1.82) is 0 Å². The van der Waals surface area contributed by atoms with Gasteiger partial charge in [0.05, 0.1) is 0 Å². The van der Waals surface area contributed by atoms with E-state index in [1.54, 1.807) is 0 Å². The molecule has 2 rings (SSSR count). The number of aromatic nitrogens is 2. The smallest absolute Gasteiger partial charge is 0.292 e. The van der Waals surface area contributed by atoms with E-state index in [2.05, 4.69) is 15.5 Å². The van der Waals surface area contributed by atoms with Crippen molar-refractivity contribution in [1.82, 2.24) is 15.5 Å². The average Bonchev–Trinajstić information content (AvgIpc) is 2.85. The van der Waals surface area contributed by atoms with E-state index in [1.807, 2.05) is 6.92 Å². The van der Waals surface area contributed by atoms with Gasteiger partial charge in [0.2, 0.25) is 5.89 Å². The quantitative estimate of drug-likeness (QED) is 0.775. The Balaban J connectivity index is 2.04. The lowest BCUT2D eigenvalue weighted by Gasteiger charge is -2.01. The van der Waals surface area contributed by atoms with Crippen molar-refractivity contribution in [2.24, 2.45) is 5.73 Å². The third-order valence-corrected chi connectivity index (χ3v) is 2.80. The Morgan fingerprint density at radius 1 is 1.62 bits per heavy atom. The lowest BCUT2D eigenvalue weighted by molar-refractivity contribution is 0.0942. The Kier molecular flexibility index (Phi) is 3.19. The molecular weight excluding hydrogens is 208 g/mol. The van der Waals surface area contributed by atoms with Crippen LogP contribution in [0.4, 0.5) is 0 Å². The van der Waals surface area contributed by atoms with Crippen LogP contribution in [-0.4, -0.2) is 28.6 Å². The second-order valence-electron chi connectivity index (χ2n) is 4.09. The number of rotatable bonds is 3. The van der Waals surface area contributed by atoms with E-state index in [9.17, 15) is 4.79 Å². The van der Waals surface area contributed by atoms with E-state index in [4.69, 9.17) is 10.3 Å². The molecule has 3 N–H and O–H groups in total. The number of carbonyl (C=O) groups excluding carboxylic acids is 1. The summed E-state index contributed by atoms with van der Waals surface area (Å²) in [6, 6.07) is 0.213. The minimum Gasteiger partial charge on any atom is -0.349 e. The van der Waals surface area contributed by atoms with Gasteiger partial charge in [-0.25, -0.2) is 0 Å². The molecule has 1 aliphatic carbocycles. The third-order valence-electron chi connectivity index (χ3n) is 2.80. The standard InChI is InChI=1S/C10H16N4O2/c1-2-12-9(15)8-13-10(16-14-8)6-3-4-7(11)5-6/h6-7H,2-5,11H2,1H3,(H,12,15). The maximum absolute atomic E-state index is 11.4. The van der Waals surface area contributed by atoms with Gasteiger partial charge in [0.15, 0.2) is 0 Å². The van der Waals surface area contributed by atoms with Gasteiger partial charge in [-0.2, -0.15) is 4.98 Å². The molecule has 0 radical (unpaired) electrons. The Hall–Kier alpha value is -1.43. The molecule has 2 atom stereocenters. The predicted octanol–water partition coefficient (Wildman–Crippen LogP) is 0.414. The van der Waals surface area contributed by atoms with E-state index >= 15 is 0 Å². The molecule has 16 heavy (non-hydrogen) atoms. The van der Waals surface area contributed by atoms with Crippen molar-refractivity contribution in [3.05, 3.63) is 11.7 Å². The molecule has 0 aliphatic heterocycles. The predicted molar refractivity (Wildman–Crippen MR) is 56.9 cm³/mol. The van der Waals surface area contributed by atoms with Crippen molar-refractivity contribution in [3.63, 3.8) is 0 Å². The summed E-state index contributed by atoms with van der Waals surface area (Å²) < 4.78 is 5.09. The number of hydrogen-bond donors (Lipinski definition) is 2.